The van der Waals surface area contributed by atoms with Crippen molar-refractivity contribution in [3.8, 4) is 33.9 Å². The first-order valence-electron chi connectivity index (χ1n) is 8.84. The number of fused-ring (bicyclic) bond motifs is 2. The van der Waals surface area contributed by atoms with Crippen LogP contribution in [0.2, 0.25) is 0 Å². The van der Waals surface area contributed by atoms with Crippen molar-refractivity contribution in [1.82, 2.24) is 40.1 Å². The summed E-state index contributed by atoms with van der Waals surface area (Å²) in [5.41, 5.74) is 6.91. The normalized spacial score (nSPS) is 11.4. The number of hydrogen-bond donors (Lipinski definition) is 2. The smallest absolute Gasteiger partial charge is 0.178 e. The van der Waals surface area contributed by atoms with E-state index in [1.807, 2.05) is 12.1 Å². The van der Waals surface area contributed by atoms with Crippen molar-refractivity contribution in [2.24, 2.45) is 0 Å². The lowest BCUT2D eigenvalue weighted by Crippen LogP contribution is -1.87. The fourth-order valence-electron chi connectivity index (χ4n) is 3.37. The highest BCUT2D eigenvalue weighted by molar-refractivity contribution is 7.08. The zero-order valence-corrected chi connectivity index (χ0v) is 15.7. The Morgan fingerprint density at radius 3 is 2.76 bits per heavy atom. The van der Waals surface area contributed by atoms with Crippen LogP contribution in [0.15, 0.2) is 60.1 Å². The van der Waals surface area contributed by atoms with E-state index < -0.39 is 0 Å². The lowest BCUT2D eigenvalue weighted by molar-refractivity contribution is 1.10. The van der Waals surface area contributed by atoms with Crippen molar-refractivity contribution in [3.05, 3.63) is 60.1 Å². The van der Waals surface area contributed by atoms with Gasteiger partial charge in [-0.05, 0) is 34.5 Å². The van der Waals surface area contributed by atoms with Crippen molar-refractivity contribution >= 4 is 33.4 Å². The zero-order chi connectivity index (χ0) is 19.2. The summed E-state index contributed by atoms with van der Waals surface area (Å²) in [6.07, 6.45) is 8.50. The fourth-order valence-corrected chi connectivity index (χ4v) is 4.02. The third-order valence-corrected chi connectivity index (χ3v) is 5.44. The molecule has 9 heteroatoms. The Morgan fingerprint density at radius 1 is 0.966 bits per heavy atom. The van der Waals surface area contributed by atoms with Crippen LogP contribution in [0.25, 0.3) is 56.0 Å². The summed E-state index contributed by atoms with van der Waals surface area (Å²) in [5, 5.41) is 12.6. The van der Waals surface area contributed by atoms with Gasteiger partial charge in [0.1, 0.15) is 12.0 Å². The van der Waals surface area contributed by atoms with Crippen LogP contribution in [0, 0.1) is 0 Å². The van der Waals surface area contributed by atoms with Crippen LogP contribution in [0.5, 0.6) is 0 Å². The monoisotopic (exact) mass is 396 g/mol. The Balaban J connectivity index is 1.53. The maximum Gasteiger partial charge on any atom is 0.178 e. The summed E-state index contributed by atoms with van der Waals surface area (Å²) in [4.78, 5) is 25.1. The minimum atomic E-state index is 0.655. The molecule has 0 aliphatic rings. The average molecular weight is 396 g/mol. The minimum absolute atomic E-state index is 0.655. The number of rotatable bonds is 3. The molecule has 6 aromatic heterocycles. The van der Waals surface area contributed by atoms with Gasteiger partial charge in [0.15, 0.2) is 11.5 Å². The molecule has 0 spiro atoms. The summed E-state index contributed by atoms with van der Waals surface area (Å²) < 4.78 is 0. The molecule has 2 N–H and O–H groups in total. The molecular formula is C20H12N8S. The second-order valence-electron chi connectivity index (χ2n) is 6.47. The molecule has 0 aliphatic carbocycles. The number of pyridine rings is 2. The van der Waals surface area contributed by atoms with Crippen molar-refractivity contribution in [1.29, 1.82) is 0 Å². The minimum Gasteiger partial charge on any atom is -0.335 e. The Morgan fingerprint density at radius 2 is 1.90 bits per heavy atom. The molecular weight excluding hydrogens is 384 g/mol. The van der Waals surface area contributed by atoms with E-state index >= 15 is 0 Å². The third-order valence-electron chi connectivity index (χ3n) is 4.75. The Kier molecular flexibility index (Phi) is 3.47. The first-order chi connectivity index (χ1) is 14.4. The summed E-state index contributed by atoms with van der Waals surface area (Å²) in [6, 6.07) is 6.05. The van der Waals surface area contributed by atoms with E-state index in [0.717, 1.165) is 44.5 Å². The molecule has 6 heterocycles. The van der Waals surface area contributed by atoms with Crippen molar-refractivity contribution in [2.45, 2.75) is 0 Å². The molecule has 138 valence electrons. The van der Waals surface area contributed by atoms with E-state index in [1.54, 1.807) is 36.1 Å². The Bertz CT molecular complexity index is 1450. The average Bonchev–Trinajstić information content (AvgIpc) is 3.52. The maximum atomic E-state index is 4.69. The van der Waals surface area contributed by atoms with Gasteiger partial charge in [0.2, 0.25) is 0 Å². The summed E-state index contributed by atoms with van der Waals surface area (Å²) in [5.74, 6) is 0.655. The fraction of sp³-hybridized carbons (Fsp3) is 0. The van der Waals surface area contributed by atoms with Gasteiger partial charge in [-0.15, -0.1) is 0 Å². The summed E-state index contributed by atoms with van der Waals surface area (Å²) in [7, 11) is 0. The lowest BCUT2D eigenvalue weighted by atomic mass is 10.1. The van der Waals surface area contributed by atoms with Crippen molar-refractivity contribution in [3.63, 3.8) is 0 Å². The quantitative estimate of drug-likeness (QED) is 0.466. The van der Waals surface area contributed by atoms with E-state index in [4.69, 9.17) is 0 Å². The lowest BCUT2D eigenvalue weighted by Gasteiger charge is -2.00. The van der Waals surface area contributed by atoms with Crippen LogP contribution < -0.4 is 0 Å². The number of hydrogen-bond acceptors (Lipinski definition) is 7. The van der Waals surface area contributed by atoms with Gasteiger partial charge in [0.25, 0.3) is 0 Å². The number of aromatic nitrogens is 8. The predicted molar refractivity (Wildman–Crippen MR) is 111 cm³/mol. The molecule has 0 atom stereocenters. The van der Waals surface area contributed by atoms with Crippen LogP contribution in [0.1, 0.15) is 0 Å². The maximum absolute atomic E-state index is 4.69. The van der Waals surface area contributed by atoms with Gasteiger partial charge >= 0.3 is 0 Å². The van der Waals surface area contributed by atoms with E-state index in [-0.39, 0.29) is 0 Å². The highest BCUT2D eigenvalue weighted by Gasteiger charge is 2.16. The van der Waals surface area contributed by atoms with E-state index in [2.05, 4.69) is 56.9 Å². The molecule has 6 rings (SSSR count). The highest BCUT2D eigenvalue weighted by atomic mass is 32.1. The molecule has 0 bridgehead atoms. The van der Waals surface area contributed by atoms with Gasteiger partial charge in [0, 0.05) is 35.1 Å². The van der Waals surface area contributed by atoms with Gasteiger partial charge in [-0.2, -0.15) is 16.4 Å². The first kappa shape index (κ1) is 16.0. The van der Waals surface area contributed by atoms with Crippen LogP contribution in [-0.4, -0.2) is 40.1 Å². The number of nitrogens with one attached hydrogen (secondary N) is 2. The van der Waals surface area contributed by atoms with Gasteiger partial charge in [-0.3, -0.25) is 10.1 Å². The second kappa shape index (κ2) is 6.28. The molecule has 0 radical (unpaired) electrons. The molecule has 0 saturated carbocycles. The summed E-state index contributed by atoms with van der Waals surface area (Å²) >= 11 is 1.66. The Hall–Kier alpha value is -3.98. The number of thiophene rings is 1. The second-order valence-corrected chi connectivity index (χ2v) is 7.25. The Labute approximate surface area is 167 Å². The molecule has 6 aromatic rings. The van der Waals surface area contributed by atoms with Crippen LogP contribution in [0.3, 0.4) is 0 Å². The largest absolute Gasteiger partial charge is 0.335 e. The van der Waals surface area contributed by atoms with Crippen LogP contribution >= 0.6 is 11.3 Å². The predicted octanol–water partition coefficient (Wildman–Crippen LogP) is 4.08. The molecule has 0 saturated heterocycles. The van der Waals surface area contributed by atoms with Crippen molar-refractivity contribution < 1.29 is 0 Å². The molecule has 0 aliphatic heterocycles. The van der Waals surface area contributed by atoms with E-state index in [1.165, 1.54) is 6.33 Å². The van der Waals surface area contributed by atoms with E-state index in [9.17, 15) is 0 Å². The zero-order valence-electron chi connectivity index (χ0n) is 14.9. The third kappa shape index (κ3) is 2.59. The standard InChI is InChI=1S/C20H12N8S/c1-3-23-19-17(13(1)11-2-4-29-9-11)25-20(26-19)18-14-5-15(12-6-21-10-22-7-12)24-8-16(14)27-28-18/h1-10H,(H,27,28)(H,23,25,26). The molecule has 0 unspecified atom stereocenters. The summed E-state index contributed by atoms with van der Waals surface area (Å²) in [6.45, 7) is 0. The van der Waals surface area contributed by atoms with Crippen LogP contribution in [0.4, 0.5) is 0 Å². The number of H-pyrrole nitrogens is 2. The van der Waals surface area contributed by atoms with E-state index in [0.29, 0.717) is 11.5 Å². The van der Waals surface area contributed by atoms with Crippen molar-refractivity contribution in [2.75, 3.05) is 0 Å². The highest BCUT2D eigenvalue weighted by Crippen LogP contribution is 2.32. The van der Waals surface area contributed by atoms with Gasteiger partial charge in [0.05, 0.1) is 22.9 Å². The van der Waals surface area contributed by atoms with Crippen LogP contribution in [-0.2, 0) is 0 Å². The molecule has 0 fully saturated rings. The molecule has 0 amide bonds. The number of imidazole rings is 1. The molecule has 8 nitrogen and oxygen atoms in total. The van der Waals surface area contributed by atoms with Gasteiger partial charge in [-0.1, -0.05) is 0 Å². The molecule has 0 aromatic carbocycles. The number of nitrogens with zero attached hydrogens (tertiary/aromatic N) is 6. The number of aromatic amines is 2. The van der Waals surface area contributed by atoms with Gasteiger partial charge < -0.3 is 4.98 Å². The van der Waals surface area contributed by atoms with Gasteiger partial charge in [-0.25, -0.2) is 19.9 Å². The topological polar surface area (TPSA) is 109 Å². The first-order valence-corrected chi connectivity index (χ1v) is 9.78. The SMILES string of the molecule is c1ncc(-c2cc3c(-c4nc5nccc(-c6ccsc6)c5[nH]4)n[nH]c3cn2)cn1. The molecule has 29 heavy (non-hydrogen) atoms.